The minimum atomic E-state index is 0.811. The Morgan fingerprint density at radius 3 is 2.86 bits per heavy atom. The molecular weight excluding hydrogens is 172 g/mol. The van der Waals surface area contributed by atoms with Gasteiger partial charge in [-0.25, -0.2) is 0 Å². The molecular formula is C12H14N2. The first kappa shape index (κ1) is 9.00. The van der Waals surface area contributed by atoms with E-state index in [0.717, 1.165) is 19.6 Å². The van der Waals surface area contributed by atoms with Crippen LogP contribution in [0.4, 0.5) is 0 Å². The molecule has 1 aliphatic heterocycles. The van der Waals surface area contributed by atoms with E-state index < -0.39 is 0 Å². The van der Waals surface area contributed by atoms with Crippen LogP contribution in [0.5, 0.6) is 0 Å². The van der Waals surface area contributed by atoms with Crippen molar-refractivity contribution in [1.82, 2.24) is 4.90 Å². The van der Waals surface area contributed by atoms with Crippen LogP contribution in [0.2, 0.25) is 0 Å². The van der Waals surface area contributed by atoms with Gasteiger partial charge in [0, 0.05) is 6.21 Å². The van der Waals surface area contributed by atoms with Gasteiger partial charge in [-0.05, 0) is 18.2 Å². The Morgan fingerprint density at radius 2 is 2.14 bits per heavy atom. The van der Waals surface area contributed by atoms with Crippen molar-refractivity contribution in [3.05, 3.63) is 48.2 Å². The van der Waals surface area contributed by atoms with Gasteiger partial charge in [0.05, 0.1) is 6.54 Å². The first-order valence-electron chi connectivity index (χ1n) is 4.88. The zero-order valence-electron chi connectivity index (χ0n) is 8.13. The largest absolute Gasteiger partial charge is 0.353 e. The van der Waals surface area contributed by atoms with Gasteiger partial charge in [0.25, 0.3) is 0 Å². The van der Waals surface area contributed by atoms with Gasteiger partial charge >= 0.3 is 0 Å². The molecule has 1 aromatic rings. The van der Waals surface area contributed by atoms with Crippen molar-refractivity contribution in [2.24, 2.45) is 4.99 Å². The monoisotopic (exact) mass is 186 g/mol. The molecule has 2 heteroatoms. The molecule has 0 saturated heterocycles. The zero-order chi connectivity index (χ0) is 9.64. The summed E-state index contributed by atoms with van der Waals surface area (Å²) in [5.74, 6) is 0. The molecule has 0 aromatic heterocycles. The van der Waals surface area contributed by atoms with Crippen molar-refractivity contribution in [2.75, 3.05) is 13.2 Å². The van der Waals surface area contributed by atoms with E-state index in [-0.39, 0.29) is 0 Å². The standard InChI is InChI=1S/C12H14N2/c1-2-5-12(6-3-1)7-4-9-14-10-8-13-11-14/h1-6,8-9H,7,10-11H2. The van der Waals surface area contributed by atoms with Crippen LogP contribution >= 0.6 is 0 Å². The Morgan fingerprint density at radius 1 is 1.29 bits per heavy atom. The maximum atomic E-state index is 4.14. The molecule has 1 aromatic carbocycles. The molecule has 2 rings (SSSR count). The number of benzene rings is 1. The molecule has 0 aliphatic carbocycles. The van der Waals surface area contributed by atoms with Crippen molar-refractivity contribution in [1.29, 1.82) is 0 Å². The van der Waals surface area contributed by atoms with E-state index >= 15 is 0 Å². The lowest BCUT2D eigenvalue weighted by Gasteiger charge is -2.08. The molecule has 0 fully saturated rings. The van der Waals surface area contributed by atoms with Crippen molar-refractivity contribution >= 4 is 6.21 Å². The van der Waals surface area contributed by atoms with Gasteiger partial charge in [-0.1, -0.05) is 36.4 Å². The summed E-state index contributed by atoms with van der Waals surface area (Å²) in [6, 6.07) is 10.5. The van der Waals surface area contributed by atoms with Crippen LogP contribution in [-0.4, -0.2) is 24.3 Å². The molecule has 1 aliphatic rings. The lowest BCUT2D eigenvalue weighted by atomic mass is 10.1. The molecule has 1 heterocycles. The minimum Gasteiger partial charge on any atom is -0.353 e. The topological polar surface area (TPSA) is 15.6 Å². The van der Waals surface area contributed by atoms with Crippen LogP contribution in [0.1, 0.15) is 5.56 Å². The van der Waals surface area contributed by atoms with Crippen molar-refractivity contribution in [3.8, 4) is 0 Å². The molecule has 72 valence electrons. The van der Waals surface area contributed by atoms with Gasteiger partial charge in [0.2, 0.25) is 0 Å². The van der Waals surface area contributed by atoms with E-state index in [4.69, 9.17) is 0 Å². The van der Waals surface area contributed by atoms with Crippen LogP contribution in [0.3, 0.4) is 0 Å². The fourth-order valence-corrected chi connectivity index (χ4v) is 1.44. The van der Waals surface area contributed by atoms with Crippen LogP contribution in [0.25, 0.3) is 0 Å². The Balaban J connectivity index is 1.82. The fraction of sp³-hybridized carbons (Fsp3) is 0.250. The average molecular weight is 186 g/mol. The fourth-order valence-electron chi connectivity index (χ4n) is 1.44. The van der Waals surface area contributed by atoms with Crippen molar-refractivity contribution in [3.63, 3.8) is 0 Å². The molecule has 0 atom stereocenters. The molecule has 2 nitrogen and oxygen atoms in total. The van der Waals surface area contributed by atoms with Gasteiger partial charge in [-0.15, -0.1) is 0 Å². The Kier molecular flexibility index (Phi) is 2.96. The minimum absolute atomic E-state index is 0.811. The highest BCUT2D eigenvalue weighted by molar-refractivity contribution is 5.61. The smallest absolute Gasteiger partial charge is 0.109 e. The lowest BCUT2D eigenvalue weighted by molar-refractivity contribution is 0.471. The molecule has 0 saturated carbocycles. The third kappa shape index (κ3) is 2.46. The second-order valence-electron chi connectivity index (χ2n) is 3.35. The first-order valence-corrected chi connectivity index (χ1v) is 4.88. The highest BCUT2D eigenvalue weighted by Gasteiger charge is 1.99. The summed E-state index contributed by atoms with van der Waals surface area (Å²) >= 11 is 0. The lowest BCUT2D eigenvalue weighted by Crippen LogP contribution is -2.12. The molecule has 0 unspecified atom stereocenters. The number of rotatable bonds is 3. The maximum Gasteiger partial charge on any atom is 0.109 e. The van der Waals surface area contributed by atoms with E-state index in [1.54, 1.807) is 0 Å². The quantitative estimate of drug-likeness (QED) is 0.705. The third-order valence-corrected chi connectivity index (χ3v) is 2.22. The van der Waals surface area contributed by atoms with E-state index in [1.165, 1.54) is 5.56 Å². The summed E-state index contributed by atoms with van der Waals surface area (Å²) in [7, 11) is 0. The van der Waals surface area contributed by atoms with Crippen LogP contribution < -0.4 is 0 Å². The maximum absolute atomic E-state index is 4.14. The van der Waals surface area contributed by atoms with Gasteiger partial charge < -0.3 is 4.90 Å². The van der Waals surface area contributed by atoms with Gasteiger partial charge in [-0.3, -0.25) is 4.99 Å². The summed E-state index contributed by atoms with van der Waals surface area (Å²) in [5.41, 5.74) is 1.35. The second-order valence-corrected chi connectivity index (χ2v) is 3.35. The summed E-state index contributed by atoms with van der Waals surface area (Å²) in [4.78, 5) is 6.32. The van der Waals surface area contributed by atoms with Crippen molar-refractivity contribution in [2.45, 2.75) is 6.42 Å². The molecule has 0 bridgehead atoms. The zero-order valence-corrected chi connectivity index (χ0v) is 8.13. The van der Waals surface area contributed by atoms with Crippen LogP contribution in [0.15, 0.2) is 47.6 Å². The number of nitrogens with zero attached hydrogens (tertiary/aromatic N) is 2. The highest BCUT2D eigenvalue weighted by Crippen LogP contribution is 2.02. The number of hydrogen-bond donors (Lipinski definition) is 0. The summed E-state index contributed by atoms with van der Waals surface area (Å²) in [5, 5.41) is 0. The third-order valence-electron chi connectivity index (χ3n) is 2.22. The number of aliphatic imine (C=N–C) groups is 1. The highest BCUT2D eigenvalue weighted by atomic mass is 15.2. The van der Waals surface area contributed by atoms with Gasteiger partial charge in [0.15, 0.2) is 0 Å². The van der Waals surface area contributed by atoms with E-state index in [9.17, 15) is 0 Å². The number of hydrogen-bond acceptors (Lipinski definition) is 2. The van der Waals surface area contributed by atoms with Crippen LogP contribution in [-0.2, 0) is 6.42 Å². The summed E-state index contributed by atoms with van der Waals surface area (Å²) in [6.45, 7) is 1.76. The SMILES string of the molecule is C(=CN1CC=NC1)Cc1ccccc1. The normalized spacial score (nSPS) is 15.6. The molecule has 0 amide bonds. The average Bonchev–Trinajstić information content (AvgIpc) is 2.72. The summed E-state index contributed by atoms with van der Waals surface area (Å²) < 4.78 is 0. The van der Waals surface area contributed by atoms with Gasteiger partial charge in [-0.2, -0.15) is 0 Å². The van der Waals surface area contributed by atoms with E-state index in [0.29, 0.717) is 0 Å². The molecule has 14 heavy (non-hydrogen) atoms. The van der Waals surface area contributed by atoms with E-state index in [2.05, 4.69) is 46.4 Å². The Bertz CT molecular complexity index is 319. The van der Waals surface area contributed by atoms with Crippen molar-refractivity contribution < 1.29 is 0 Å². The van der Waals surface area contributed by atoms with Gasteiger partial charge in [0.1, 0.15) is 6.67 Å². The molecule has 0 spiro atoms. The Hall–Kier alpha value is -1.57. The predicted molar refractivity (Wildman–Crippen MR) is 59.4 cm³/mol. The Labute approximate surface area is 84.6 Å². The number of allylic oxidation sites excluding steroid dienone is 1. The van der Waals surface area contributed by atoms with E-state index in [1.807, 2.05) is 12.3 Å². The van der Waals surface area contributed by atoms with Crippen LogP contribution in [0, 0.1) is 0 Å². The summed E-state index contributed by atoms with van der Waals surface area (Å²) in [6.07, 6.45) is 7.26. The predicted octanol–water partition coefficient (Wildman–Crippen LogP) is 2.09. The molecule has 0 N–H and O–H groups in total. The first-order chi connectivity index (χ1) is 6.95. The second kappa shape index (κ2) is 4.61. The molecule has 0 radical (unpaired) electrons.